The molecule has 110 valence electrons. The SMILES string of the molecule is Cc1cc(N)ccc1NC(=O)COc1cc(Br)ccc1F. The van der Waals surface area contributed by atoms with Gasteiger partial charge in [0.05, 0.1) is 0 Å². The third-order valence-electron chi connectivity index (χ3n) is 2.78. The standard InChI is InChI=1S/C15H14BrFN2O2/c1-9-6-11(18)3-5-13(9)19-15(20)8-21-14-7-10(16)2-4-12(14)17/h2-7H,8,18H2,1H3,(H,19,20). The summed E-state index contributed by atoms with van der Waals surface area (Å²) in [5.74, 6) is -0.870. The summed E-state index contributed by atoms with van der Waals surface area (Å²) in [5.41, 5.74) is 7.75. The van der Waals surface area contributed by atoms with Gasteiger partial charge in [-0.3, -0.25) is 4.79 Å². The van der Waals surface area contributed by atoms with Crippen LogP contribution in [0.3, 0.4) is 0 Å². The molecule has 0 heterocycles. The molecule has 2 aromatic carbocycles. The van der Waals surface area contributed by atoms with Crippen molar-refractivity contribution in [1.29, 1.82) is 0 Å². The number of amides is 1. The molecule has 0 atom stereocenters. The van der Waals surface area contributed by atoms with E-state index in [4.69, 9.17) is 10.5 Å². The Morgan fingerprint density at radius 3 is 2.81 bits per heavy atom. The molecule has 1 amide bonds. The molecule has 6 heteroatoms. The number of nitrogens with one attached hydrogen (secondary N) is 1. The molecule has 0 saturated carbocycles. The molecule has 0 bridgehead atoms. The number of rotatable bonds is 4. The fourth-order valence-electron chi connectivity index (χ4n) is 1.74. The highest BCUT2D eigenvalue weighted by Crippen LogP contribution is 2.22. The van der Waals surface area contributed by atoms with E-state index in [0.717, 1.165) is 5.56 Å². The number of benzene rings is 2. The summed E-state index contributed by atoms with van der Waals surface area (Å²) in [5, 5.41) is 2.69. The molecule has 0 aliphatic heterocycles. The van der Waals surface area contributed by atoms with Crippen LogP contribution in [0, 0.1) is 12.7 Å². The second-order valence-electron chi connectivity index (χ2n) is 4.49. The van der Waals surface area contributed by atoms with Crippen molar-refractivity contribution in [3.05, 3.63) is 52.3 Å². The van der Waals surface area contributed by atoms with Crippen molar-refractivity contribution in [2.75, 3.05) is 17.7 Å². The van der Waals surface area contributed by atoms with E-state index in [0.29, 0.717) is 15.8 Å². The molecule has 0 aliphatic rings. The molecular weight excluding hydrogens is 339 g/mol. The van der Waals surface area contributed by atoms with Gasteiger partial charge < -0.3 is 15.8 Å². The van der Waals surface area contributed by atoms with Gasteiger partial charge in [-0.25, -0.2) is 4.39 Å². The number of hydrogen-bond donors (Lipinski definition) is 2. The summed E-state index contributed by atoms with van der Waals surface area (Å²) in [6.45, 7) is 1.55. The summed E-state index contributed by atoms with van der Waals surface area (Å²) in [7, 11) is 0. The van der Waals surface area contributed by atoms with Gasteiger partial charge in [0, 0.05) is 15.8 Å². The lowest BCUT2D eigenvalue weighted by Crippen LogP contribution is -2.21. The first kappa shape index (κ1) is 15.3. The third kappa shape index (κ3) is 4.19. The molecule has 0 spiro atoms. The van der Waals surface area contributed by atoms with Crippen LogP contribution in [0.25, 0.3) is 0 Å². The lowest BCUT2D eigenvalue weighted by molar-refractivity contribution is -0.118. The van der Waals surface area contributed by atoms with Crippen LogP contribution in [0.2, 0.25) is 0 Å². The zero-order valence-corrected chi connectivity index (χ0v) is 12.9. The summed E-state index contributed by atoms with van der Waals surface area (Å²) in [4.78, 5) is 11.8. The van der Waals surface area contributed by atoms with Crippen LogP contribution in [-0.2, 0) is 4.79 Å². The number of halogens is 2. The van der Waals surface area contributed by atoms with Crippen LogP contribution in [0.5, 0.6) is 5.75 Å². The smallest absolute Gasteiger partial charge is 0.262 e. The predicted molar refractivity (Wildman–Crippen MR) is 83.8 cm³/mol. The largest absolute Gasteiger partial charge is 0.481 e. The van der Waals surface area contributed by atoms with Gasteiger partial charge in [0.25, 0.3) is 5.91 Å². The number of hydrogen-bond acceptors (Lipinski definition) is 3. The normalized spacial score (nSPS) is 10.2. The fourth-order valence-corrected chi connectivity index (χ4v) is 2.08. The highest BCUT2D eigenvalue weighted by atomic mass is 79.9. The van der Waals surface area contributed by atoms with Gasteiger partial charge in [-0.15, -0.1) is 0 Å². The minimum atomic E-state index is -0.519. The van der Waals surface area contributed by atoms with Crippen molar-refractivity contribution in [1.82, 2.24) is 0 Å². The Labute approximate surface area is 130 Å². The van der Waals surface area contributed by atoms with Crippen molar-refractivity contribution in [3.8, 4) is 5.75 Å². The highest BCUT2D eigenvalue weighted by molar-refractivity contribution is 9.10. The molecule has 0 unspecified atom stereocenters. The number of carbonyl (C=O) groups is 1. The second-order valence-corrected chi connectivity index (χ2v) is 5.40. The maximum Gasteiger partial charge on any atom is 0.262 e. The van der Waals surface area contributed by atoms with Gasteiger partial charge >= 0.3 is 0 Å². The van der Waals surface area contributed by atoms with Gasteiger partial charge in [0.15, 0.2) is 18.2 Å². The van der Waals surface area contributed by atoms with Crippen LogP contribution in [0.4, 0.5) is 15.8 Å². The number of anilines is 2. The predicted octanol–water partition coefficient (Wildman–Crippen LogP) is 3.50. The Kier molecular flexibility index (Phi) is 4.80. The molecule has 0 aromatic heterocycles. The van der Waals surface area contributed by atoms with E-state index < -0.39 is 5.82 Å². The molecule has 2 aromatic rings. The van der Waals surface area contributed by atoms with Crippen LogP contribution in [0.1, 0.15) is 5.56 Å². The monoisotopic (exact) mass is 352 g/mol. The molecule has 0 fully saturated rings. The lowest BCUT2D eigenvalue weighted by Gasteiger charge is -2.10. The summed E-state index contributed by atoms with van der Waals surface area (Å²) in [6.07, 6.45) is 0. The van der Waals surface area contributed by atoms with Crippen LogP contribution in [-0.4, -0.2) is 12.5 Å². The first-order valence-corrected chi connectivity index (χ1v) is 6.99. The first-order chi connectivity index (χ1) is 9.95. The number of carbonyl (C=O) groups excluding carboxylic acids is 1. The summed E-state index contributed by atoms with van der Waals surface area (Å²) in [6, 6.07) is 9.45. The third-order valence-corrected chi connectivity index (χ3v) is 3.27. The van der Waals surface area contributed by atoms with Crippen LogP contribution in [0.15, 0.2) is 40.9 Å². The Balaban J connectivity index is 1.97. The van der Waals surface area contributed by atoms with E-state index in [1.807, 2.05) is 6.92 Å². The molecule has 3 N–H and O–H groups in total. The van der Waals surface area contributed by atoms with E-state index in [1.165, 1.54) is 12.1 Å². The number of ether oxygens (including phenoxy) is 1. The van der Waals surface area contributed by atoms with E-state index in [2.05, 4.69) is 21.2 Å². The molecule has 2 rings (SSSR count). The molecular formula is C15H14BrFN2O2. The van der Waals surface area contributed by atoms with Crippen molar-refractivity contribution in [2.45, 2.75) is 6.92 Å². The van der Waals surface area contributed by atoms with E-state index >= 15 is 0 Å². The maximum absolute atomic E-state index is 13.5. The van der Waals surface area contributed by atoms with Crippen molar-refractivity contribution < 1.29 is 13.9 Å². The van der Waals surface area contributed by atoms with Crippen molar-refractivity contribution in [3.63, 3.8) is 0 Å². The average molecular weight is 353 g/mol. The molecule has 21 heavy (non-hydrogen) atoms. The van der Waals surface area contributed by atoms with E-state index in [9.17, 15) is 9.18 Å². The van der Waals surface area contributed by atoms with E-state index in [1.54, 1.807) is 24.3 Å². The molecule has 0 saturated heterocycles. The quantitative estimate of drug-likeness (QED) is 0.827. The lowest BCUT2D eigenvalue weighted by atomic mass is 10.2. The Hall–Kier alpha value is -2.08. The number of nitrogen functional groups attached to an aromatic ring is 1. The topological polar surface area (TPSA) is 64.3 Å². The van der Waals surface area contributed by atoms with Crippen LogP contribution >= 0.6 is 15.9 Å². The van der Waals surface area contributed by atoms with Gasteiger partial charge in [-0.05, 0) is 48.9 Å². The second kappa shape index (κ2) is 6.58. The molecule has 0 radical (unpaired) electrons. The summed E-state index contributed by atoms with van der Waals surface area (Å²) < 4.78 is 19.3. The van der Waals surface area contributed by atoms with Crippen molar-refractivity contribution >= 4 is 33.2 Å². The van der Waals surface area contributed by atoms with Gasteiger partial charge in [-0.1, -0.05) is 15.9 Å². The van der Waals surface area contributed by atoms with Crippen LogP contribution < -0.4 is 15.8 Å². The Bertz CT molecular complexity index is 677. The zero-order valence-electron chi connectivity index (χ0n) is 11.3. The van der Waals surface area contributed by atoms with Crippen molar-refractivity contribution in [2.24, 2.45) is 0 Å². The Morgan fingerprint density at radius 2 is 2.10 bits per heavy atom. The fraction of sp³-hybridized carbons (Fsp3) is 0.133. The Morgan fingerprint density at radius 1 is 1.33 bits per heavy atom. The minimum absolute atomic E-state index is 0.0218. The maximum atomic E-state index is 13.5. The average Bonchev–Trinajstić information content (AvgIpc) is 2.43. The van der Waals surface area contributed by atoms with Gasteiger partial charge in [-0.2, -0.15) is 0 Å². The van der Waals surface area contributed by atoms with Gasteiger partial charge in [0.2, 0.25) is 0 Å². The molecule has 0 aliphatic carbocycles. The van der Waals surface area contributed by atoms with Gasteiger partial charge in [0.1, 0.15) is 0 Å². The van der Waals surface area contributed by atoms with E-state index in [-0.39, 0.29) is 18.3 Å². The zero-order chi connectivity index (χ0) is 15.4. The first-order valence-electron chi connectivity index (χ1n) is 6.19. The molecule has 4 nitrogen and oxygen atoms in total. The highest BCUT2D eigenvalue weighted by Gasteiger charge is 2.09. The number of aryl methyl sites for hydroxylation is 1. The minimum Gasteiger partial charge on any atom is -0.481 e. The summed E-state index contributed by atoms with van der Waals surface area (Å²) >= 11 is 3.21. The number of nitrogens with two attached hydrogens (primary N) is 1.